The van der Waals surface area contributed by atoms with E-state index in [1.165, 1.54) is 4.90 Å². The van der Waals surface area contributed by atoms with Crippen molar-refractivity contribution in [3.63, 3.8) is 0 Å². The first-order valence-corrected chi connectivity index (χ1v) is 14.7. The van der Waals surface area contributed by atoms with Crippen molar-refractivity contribution in [2.45, 2.75) is 84.5 Å². The molecule has 2 rings (SSSR count). The summed E-state index contributed by atoms with van der Waals surface area (Å²) < 4.78 is 15.9. The molecule has 1 aromatic carbocycles. The van der Waals surface area contributed by atoms with Gasteiger partial charge in [0.25, 0.3) is 0 Å². The molecule has 1 heterocycles. The van der Waals surface area contributed by atoms with Crippen LogP contribution in [0.5, 0.6) is 5.75 Å². The van der Waals surface area contributed by atoms with E-state index in [1.54, 1.807) is 65.9 Å². The first kappa shape index (κ1) is 35.8. The minimum absolute atomic E-state index is 0.0993. The number of fused-ring (bicyclic) bond motifs is 1. The van der Waals surface area contributed by atoms with Crippen molar-refractivity contribution >= 4 is 35.3 Å². The number of aromatic amines is 1. The highest BCUT2D eigenvalue weighted by Gasteiger charge is 2.22. The Morgan fingerprint density at radius 2 is 1.50 bits per heavy atom. The van der Waals surface area contributed by atoms with Crippen molar-refractivity contribution in [2.75, 3.05) is 32.8 Å². The quantitative estimate of drug-likeness (QED) is 0.128. The lowest BCUT2D eigenvalue weighted by Crippen LogP contribution is -2.43. The van der Waals surface area contributed by atoms with Gasteiger partial charge in [-0.15, -0.1) is 0 Å². The minimum Gasteiger partial charge on any atom is -0.508 e. The number of hydrogen-bond acceptors (Lipinski definition) is 8. The van der Waals surface area contributed by atoms with E-state index >= 15 is 0 Å². The van der Waals surface area contributed by atoms with Crippen LogP contribution < -0.4 is 16.0 Å². The Kier molecular flexibility index (Phi) is 13.4. The third kappa shape index (κ3) is 14.2. The molecule has 0 fully saturated rings. The number of carboxylic acid groups (broad SMARTS) is 1. The van der Waals surface area contributed by atoms with Gasteiger partial charge in [-0.25, -0.2) is 19.2 Å². The van der Waals surface area contributed by atoms with E-state index < -0.39 is 41.6 Å². The van der Waals surface area contributed by atoms with Gasteiger partial charge in [-0.3, -0.25) is 0 Å². The Morgan fingerprint density at radius 3 is 2.16 bits per heavy atom. The Morgan fingerprint density at radius 1 is 0.886 bits per heavy atom. The molecule has 1 atom stereocenters. The maximum atomic E-state index is 12.5. The fourth-order valence-electron chi connectivity index (χ4n) is 4.15. The molecule has 4 amide bonds. The number of benzene rings is 1. The van der Waals surface area contributed by atoms with Crippen molar-refractivity contribution in [1.82, 2.24) is 25.8 Å². The summed E-state index contributed by atoms with van der Waals surface area (Å²) in [6.07, 6.45) is 0.555. The fraction of sp³-hybridized carbons (Fsp3) is 0.600. The zero-order valence-corrected chi connectivity index (χ0v) is 26.5. The predicted octanol–water partition coefficient (Wildman–Crippen LogP) is 4.71. The lowest BCUT2D eigenvalue weighted by molar-refractivity contribution is 0.0469. The number of carbonyl (C=O) groups is 4. The lowest BCUT2D eigenvalue weighted by atomic mass is 10.1. The van der Waals surface area contributed by atoms with Crippen LogP contribution >= 0.6 is 0 Å². The highest BCUT2D eigenvalue weighted by molar-refractivity contribution is 5.84. The molecule has 0 spiro atoms. The molecule has 44 heavy (non-hydrogen) atoms. The number of H-pyrrole nitrogens is 1. The van der Waals surface area contributed by atoms with Crippen LogP contribution in [0.3, 0.4) is 0 Å². The number of amides is 4. The van der Waals surface area contributed by atoms with Crippen LogP contribution in [0.1, 0.15) is 66.4 Å². The number of carbonyl (C=O) groups excluding carboxylic acids is 3. The fourth-order valence-corrected chi connectivity index (χ4v) is 4.15. The van der Waals surface area contributed by atoms with E-state index in [0.717, 1.165) is 16.5 Å². The number of rotatable bonds is 14. The summed E-state index contributed by atoms with van der Waals surface area (Å²) >= 11 is 0. The highest BCUT2D eigenvalue weighted by Crippen LogP contribution is 2.24. The van der Waals surface area contributed by atoms with Crippen molar-refractivity contribution in [1.29, 1.82) is 0 Å². The van der Waals surface area contributed by atoms with Crippen molar-refractivity contribution < 1.29 is 43.6 Å². The van der Waals surface area contributed by atoms with Crippen molar-refractivity contribution in [3.05, 3.63) is 30.0 Å². The highest BCUT2D eigenvalue weighted by atomic mass is 16.6. The first-order chi connectivity index (χ1) is 20.5. The summed E-state index contributed by atoms with van der Waals surface area (Å²) in [4.78, 5) is 52.5. The van der Waals surface area contributed by atoms with E-state index in [2.05, 4.69) is 20.9 Å². The van der Waals surface area contributed by atoms with Crippen LogP contribution in [-0.4, -0.2) is 94.5 Å². The molecule has 1 aromatic heterocycles. The van der Waals surface area contributed by atoms with Gasteiger partial charge in [0.1, 0.15) is 23.6 Å². The predicted molar refractivity (Wildman–Crippen MR) is 164 cm³/mol. The second-order valence-corrected chi connectivity index (χ2v) is 12.4. The molecule has 0 aliphatic rings. The molecule has 0 aliphatic heterocycles. The molecule has 0 bridgehead atoms. The molecular weight excluding hydrogens is 574 g/mol. The average molecular weight is 622 g/mol. The molecule has 14 heteroatoms. The second-order valence-electron chi connectivity index (χ2n) is 12.4. The van der Waals surface area contributed by atoms with Gasteiger partial charge in [-0.2, -0.15) is 0 Å². The third-order valence-electron chi connectivity index (χ3n) is 6.02. The lowest BCUT2D eigenvalue weighted by Gasteiger charge is -2.23. The maximum absolute atomic E-state index is 12.5. The molecule has 246 valence electrons. The van der Waals surface area contributed by atoms with Gasteiger partial charge >= 0.3 is 24.4 Å². The molecule has 2 aromatic rings. The normalized spacial score (nSPS) is 12.2. The Balaban J connectivity index is 1.79. The number of aromatic nitrogens is 1. The summed E-state index contributed by atoms with van der Waals surface area (Å²) in [5.74, 6) is 0.0993. The molecule has 0 unspecified atom stereocenters. The van der Waals surface area contributed by atoms with Gasteiger partial charge < -0.3 is 50.3 Å². The van der Waals surface area contributed by atoms with E-state index in [-0.39, 0.29) is 38.4 Å². The Hall–Kier alpha value is -4.36. The van der Waals surface area contributed by atoms with Crippen molar-refractivity contribution in [2.24, 2.45) is 0 Å². The van der Waals surface area contributed by atoms with Crippen LogP contribution in [0.25, 0.3) is 10.9 Å². The molecule has 0 saturated carbocycles. The van der Waals surface area contributed by atoms with Gasteiger partial charge in [0.15, 0.2) is 0 Å². The molecule has 6 N–H and O–H groups in total. The smallest absolute Gasteiger partial charge is 0.408 e. The largest absolute Gasteiger partial charge is 0.508 e. The van der Waals surface area contributed by atoms with Crippen molar-refractivity contribution in [3.8, 4) is 5.75 Å². The van der Waals surface area contributed by atoms with E-state index in [0.29, 0.717) is 25.8 Å². The second kappa shape index (κ2) is 16.5. The number of unbranched alkanes of at least 4 members (excludes halogenated alkanes) is 1. The van der Waals surface area contributed by atoms with Gasteiger partial charge in [0, 0.05) is 43.3 Å². The standard InChI is InChI=1S/C30H47N5O9/c1-29(2,3)43-26(38)32-12-7-8-14-35(28(40)41)15-9-13-31-25(37)42-19-21(34-27(39)44-30(4,5)6)16-20-18-33-24-11-10-22(36)17-23(20)24/h10-11,17-18,21,33,36H,7-9,12-16,19H2,1-6H3,(H,31,37)(H,32,38)(H,34,39)(H,40,41)/t21-/m0/s1. The molecule has 0 radical (unpaired) electrons. The van der Waals surface area contributed by atoms with Gasteiger partial charge in [0.2, 0.25) is 0 Å². The minimum atomic E-state index is -1.07. The van der Waals surface area contributed by atoms with Crippen LogP contribution in [0.2, 0.25) is 0 Å². The molecular formula is C30H47N5O9. The van der Waals surface area contributed by atoms with E-state index in [1.807, 2.05) is 0 Å². The van der Waals surface area contributed by atoms with Crippen LogP contribution in [0, 0.1) is 0 Å². The van der Waals surface area contributed by atoms with Crippen LogP contribution in [0.4, 0.5) is 19.2 Å². The van der Waals surface area contributed by atoms with E-state index in [4.69, 9.17) is 14.2 Å². The number of ether oxygens (including phenoxy) is 3. The SMILES string of the molecule is CC(C)(C)OC(=O)NCCCCN(CCCNC(=O)OC[C@H](Cc1c[nH]c2ccc(O)cc12)NC(=O)OC(C)(C)C)C(=O)O. The number of aromatic hydroxyl groups is 1. The summed E-state index contributed by atoms with van der Waals surface area (Å²) in [5, 5.41) is 28.1. The van der Waals surface area contributed by atoms with Crippen LogP contribution in [-0.2, 0) is 20.6 Å². The number of phenols is 1. The van der Waals surface area contributed by atoms with Gasteiger partial charge in [-0.1, -0.05) is 0 Å². The number of nitrogens with zero attached hydrogens (tertiary/aromatic N) is 1. The van der Waals surface area contributed by atoms with E-state index in [9.17, 15) is 29.4 Å². The zero-order chi connectivity index (χ0) is 32.9. The summed E-state index contributed by atoms with van der Waals surface area (Å²) in [7, 11) is 0. The molecule has 0 saturated heterocycles. The number of nitrogens with one attached hydrogen (secondary N) is 4. The van der Waals surface area contributed by atoms with Gasteiger partial charge in [0.05, 0.1) is 6.04 Å². The summed E-state index contributed by atoms with van der Waals surface area (Å²) in [5.41, 5.74) is 0.295. The summed E-state index contributed by atoms with van der Waals surface area (Å²) in [6.45, 7) is 11.4. The van der Waals surface area contributed by atoms with Crippen LogP contribution in [0.15, 0.2) is 24.4 Å². The first-order valence-electron chi connectivity index (χ1n) is 14.7. The topological polar surface area (TPSA) is 192 Å². The number of hydrogen-bond donors (Lipinski definition) is 6. The Labute approximate surface area is 257 Å². The third-order valence-corrected chi connectivity index (χ3v) is 6.02. The average Bonchev–Trinajstić information content (AvgIpc) is 3.27. The number of phenolic OH excluding ortho intramolecular Hbond substituents is 1. The molecule has 14 nitrogen and oxygen atoms in total. The van der Waals surface area contributed by atoms with Gasteiger partial charge in [-0.05, 0) is 91.0 Å². The monoisotopic (exact) mass is 621 g/mol. The summed E-state index contributed by atoms with van der Waals surface area (Å²) in [6, 6.07) is 4.28. The maximum Gasteiger partial charge on any atom is 0.408 e. The zero-order valence-electron chi connectivity index (χ0n) is 26.5. The molecule has 0 aliphatic carbocycles. The number of alkyl carbamates (subject to hydrolysis) is 3. The Bertz CT molecular complexity index is 1250.